The first-order valence-corrected chi connectivity index (χ1v) is 19.6. The number of rotatable bonds is 33. The van der Waals surface area contributed by atoms with Gasteiger partial charge in [0.25, 0.3) is 0 Å². The van der Waals surface area contributed by atoms with Crippen molar-refractivity contribution in [2.45, 2.75) is 211 Å². The molecule has 0 bridgehead atoms. The van der Waals surface area contributed by atoms with Crippen LogP contribution in [0.2, 0.25) is 0 Å². The molecular weight excluding hydrogens is 600 g/mol. The molecule has 47 heavy (non-hydrogen) atoms. The number of ether oxygens (including phenoxy) is 4. The molecule has 6 unspecified atom stereocenters. The minimum absolute atomic E-state index is 0.111. The minimum Gasteiger partial charge on any atom is -0.457 e. The van der Waals surface area contributed by atoms with Gasteiger partial charge in [-0.25, -0.2) is 0 Å². The number of hydrogen-bond acceptors (Lipinski definition) is 9. The highest BCUT2D eigenvalue weighted by atomic mass is 16.7. The van der Waals surface area contributed by atoms with E-state index >= 15 is 0 Å². The molecule has 9 heteroatoms. The molecule has 0 aromatic rings. The van der Waals surface area contributed by atoms with Crippen LogP contribution in [0.1, 0.15) is 174 Å². The Hall–Kier alpha value is -0.810. The molecule has 0 amide bonds. The summed E-state index contributed by atoms with van der Waals surface area (Å²) < 4.78 is 22.3. The van der Waals surface area contributed by atoms with Gasteiger partial charge in [-0.3, -0.25) is 4.79 Å². The van der Waals surface area contributed by atoms with Crippen LogP contribution in [0, 0.1) is 0 Å². The summed E-state index contributed by atoms with van der Waals surface area (Å²) in [6.07, 6.45) is 24.0. The lowest BCUT2D eigenvalue weighted by molar-refractivity contribution is -0.305. The Kier molecular flexibility index (Phi) is 29.3. The van der Waals surface area contributed by atoms with Gasteiger partial charge >= 0.3 is 5.97 Å². The van der Waals surface area contributed by atoms with Crippen LogP contribution >= 0.6 is 0 Å². The predicted molar refractivity (Wildman–Crippen MR) is 187 cm³/mol. The van der Waals surface area contributed by atoms with Gasteiger partial charge in [0.05, 0.1) is 19.8 Å². The topological polar surface area (TPSA) is 135 Å². The number of carbonyl (C=O) groups excluding carboxylic acids is 1. The van der Waals surface area contributed by atoms with Crippen molar-refractivity contribution in [3.05, 3.63) is 0 Å². The lowest BCUT2D eigenvalue weighted by Crippen LogP contribution is -2.59. The van der Waals surface area contributed by atoms with E-state index in [0.717, 1.165) is 25.7 Å². The summed E-state index contributed by atoms with van der Waals surface area (Å²) in [7, 11) is 0. The van der Waals surface area contributed by atoms with E-state index in [0.29, 0.717) is 13.0 Å². The summed E-state index contributed by atoms with van der Waals surface area (Å²) in [5.41, 5.74) is 0. The smallest absolute Gasteiger partial charge is 0.306 e. The zero-order valence-electron chi connectivity index (χ0n) is 30.3. The number of esters is 1. The van der Waals surface area contributed by atoms with Crippen LogP contribution in [0.15, 0.2) is 0 Å². The minimum atomic E-state index is -1.53. The van der Waals surface area contributed by atoms with E-state index in [-0.39, 0.29) is 19.2 Å². The fraction of sp³-hybridized carbons (Fsp3) is 0.974. The highest BCUT2D eigenvalue weighted by molar-refractivity contribution is 5.69. The van der Waals surface area contributed by atoms with Gasteiger partial charge in [-0.1, -0.05) is 155 Å². The molecule has 0 aromatic carbocycles. The second kappa shape index (κ2) is 31.2. The first-order valence-electron chi connectivity index (χ1n) is 19.6. The van der Waals surface area contributed by atoms with Crippen LogP contribution in [0.25, 0.3) is 0 Å². The fourth-order valence-corrected chi connectivity index (χ4v) is 6.12. The largest absolute Gasteiger partial charge is 0.457 e. The molecule has 0 aromatic heterocycles. The van der Waals surface area contributed by atoms with E-state index in [4.69, 9.17) is 18.9 Å². The van der Waals surface area contributed by atoms with E-state index in [1.807, 2.05) is 6.92 Å². The summed E-state index contributed by atoms with van der Waals surface area (Å²) in [4.78, 5) is 12.2. The zero-order chi connectivity index (χ0) is 34.4. The number of aliphatic hydroxyl groups is 4. The van der Waals surface area contributed by atoms with Gasteiger partial charge < -0.3 is 39.4 Å². The van der Waals surface area contributed by atoms with E-state index in [2.05, 4.69) is 6.92 Å². The van der Waals surface area contributed by atoms with Gasteiger partial charge in [0.1, 0.15) is 30.5 Å². The second-order valence-electron chi connectivity index (χ2n) is 13.7. The highest BCUT2D eigenvalue weighted by Crippen LogP contribution is 2.22. The van der Waals surface area contributed by atoms with Crippen molar-refractivity contribution in [1.82, 2.24) is 0 Å². The summed E-state index contributed by atoms with van der Waals surface area (Å²) in [5.74, 6) is -0.345. The maximum absolute atomic E-state index is 12.2. The molecule has 0 radical (unpaired) electrons. The van der Waals surface area contributed by atoms with Gasteiger partial charge in [0.15, 0.2) is 6.29 Å². The van der Waals surface area contributed by atoms with Crippen LogP contribution < -0.4 is 0 Å². The molecule has 0 aliphatic carbocycles. The molecule has 1 saturated heterocycles. The highest BCUT2D eigenvalue weighted by Gasteiger charge is 2.44. The van der Waals surface area contributed by atoms with E-state index in [1.165, 1.54) is 128 Å². The van der Waals surface area contributed by atoms with Crippen molar-refractivity contribution in [1.29, 1.82) is 0 Å². The fourth-order valence-electron chi connectivity index (χ4n) is 6.12. The maximum Gasteiger partial charge on any atom is 0.306 e. The third-order valence-corrected chi connectivity index (χ3v) is 9.27. The quantitative estimate of drug-likeness (QED) is 0.0412. The molecule has 1 rings (SSSR count). The molecule has 9 nitrogen and oxygen atoms in total. The van der Waals surface area contributed by atoms with Gasteiger partial charge in [-0.05, 0) is 12.8 Å². The Balaban J connectivity index is 2.03. The van der Waals surface area contributed by atoms with Gasteiger partial charge in [0.2, 0.25) is 0 Å². The van der Waals surface area contributed by atoms with Crippen molar-refractivity contribution in [3.63, 3.8) is 0 Å². The Morgan fingerprint density at radius 2 is 1.04 bits per heavy atom. The van der Waals surface area contributed by atoms with Crippen molar-refractivity contribution in [2.75, 3.05) is 26.4 Å². The molecule has 0 saturated carbocycles. The standard InChI is InChI=1S/C38H74O9/c1-3-5-7-8-9-10-11-12-13-14-15-16-17-18-19-20-21-22-23-24-25-26-28-44-30-32(46-34(40)27-6-4-2)31-45-38-37(43)36(42)35(41)33(29-39)47-38/h32-33,35-39,41-43H,3-31H2,1-2H3. The third kappa shape index (κ3) is 23.3. The number of aliphatic hydroxyl groups excluding tert-OH is 4. The van der Waals surface area contributed by atoms with Crippen molar-refractivity contribution < 1.29 is 44.2 Å². The molecule has 280 valence electrons. The number of hydrogen-bond donors (Lipinski definition) is 4. The third-order valence-electron chi connectivity index (χ3n) is 9.27. The van der Waals surface area contributed by atoms with Crippen LogP contribution in [-0.2, 0) is 23.7 Å². The summed E-state index contributed by atoms with van der Waals surface area (Å²) >= 11 is 0. The molecule has 1 aliphatic rings. The van der Waals surface area contributed by atoms with Crippen LogP contribution in [-0.4, -0.2) is 89.6 Å². The van der Waals surface area contributed by atoms with Gasteiger partial charge in [-0.2, -0.15) is 0 Å². The van der Waals surface area contributed by atoms with Crippen molar-refractivity contribution >= 4 is 5.97 Å². The Bertz CT molecular complexity index is 692. The first-order chi connectivity index (χ1) is 22.9. The van der Waals surface area contributed by atoms with Crippen LogP contribution in [0.4, 0.5) is 0 Å². The zero-order valence-corrected chi connectivity index (χ0v) is 30.3. The van der Waals surface area contributed by atoms with E-state index in [9.17, 15) is 25.2 Å². The summed E-state index contributed by atoms with van der Waals surface area (Å²) in [5, 5.41) is 39.6. The Labute approximate surface area is 287 Å². The lowest BCUT2D eigenvalue weighted by Gasteiger charge is -2.39. The number of carbonyl (C=O) groups is 1. The maximum atomic E-state index is 12.2. The Morgan fingerprint density at radius 3 is 1.49 bits per heavy atom. The molecule has 0 spiro atoms. The molecule has 1 fully saturated rings. The molecule has 4 N–H and O–H groups in total. The summed E-state index contributed by atoms with van der Waals surface area (Å²) in [6.45, 7) is 4.34. The SMILES string of the molecule is CCCCCCCCCCCCCCCCCCCCCCCCOCC(COC1OC(CO)C(O)C(O)C1O)OC(=O)CCCC. The first kappa shape index (κ1) is 44.2. The van der Waals surface area contributed by atoms with E-state index in [1.54, 1.807) is 0 Å². The van der Waals surface area contributed by atoms with Crippen molar-refractivity contribution in [2.24, 2.45) is 0 Å². The second-order valence-corrected chi connectivity index (χ2v) is 13.7. The van der Waals surface area contributed by atoms with Gasteiger partial charge in [0, 0.05) is 13.0 Å². The molecular formula is C38H74O9. The average molecular weight is 675 g/mol. The molecule has 1 heterocycles. The monoisotopic (exact) mass is 675 g/mol. The van der Waals surface area contributed by atoms with E-state index < -0.39 is 43.4 Å². The number of unbranched alkanes of at least 4 members (excludes halogenated alkanes) is 22. The summed E-state index contributed by atoms with van der Waals surface area (Å²) in [6, 6.07) is 0. The lowest BCUT2D eigenvalue weighted by atomic mass is 9.99. The van der Waals surface area contributed by atoms with Crippen LogP contribution in [0.5, 0.6) is 0 Å². The van der Waals surface area contributed by atoms with Gasteiger partial charge in [-0.15, -0.1) is 0 Å². The Morgan fingerprint density at radius 1 is 0.596 bits per heavy atom. The molecule has 1 aliphatic heterocycles. The average Bonchev–Trinajstić information content (AvgIpc) is 3.07. The predicted octanol–water partition coefficient (Wildman–Crippen LogP) is 7.52. The molecule has 6 atom stereocenters. The van der Waals surface area contributed by atoms with Crippen LogP contribution in [0.3, 0.4) is 0 Å². The normalized spacial score (nSPS) is 22.0. The van der Waals surface area contributed by atoms with Crippen molar-refractivity contribution in [3.8, 4) is 0 Å².